The molecule has 0 amide bonds. The standard InChI is InChI=1S/C14H20N6O/c1-15-14(18-6-8-21-2)19-10-12-3-4-17-13(9-12)20-7-5-16-11-20/h3-5,7,9,11H,6,8,10H2,1-2H3,(H2,15,18,19). The van der Waals surface area contributed by atoms with E-state index in [1.807, 2.05) is 22.9 Å². The highest BCUT2D eigenvalue weighted by Gasteiger charge is 2.01. The van der Waals surface area contributed by atoms with Crippen LogP contribution in [0.2, 0.25) is 0 Å². The van der Waals surface area contributed by atoms with Crippen LogP contribution in [-0.2, 0) is 11.3 Å². The van der Waals surface area contributed by atoms with Gasteiger partial charge in [0.15, 0.2) is 5.96 Å². The Labute approximate surface area is 124 Å². The van der Waals surface area contributed by atoms with Gasteiger partial charge < -0.3 is 15.4 Å². The molecule has 2 rings (SSSR count). The predicted molar refractivity (Wildman–Crippen MR) is 81.4 cm³/mol. The summed E-state index contributed by atoms with van der Waals surface area (Å²) in [6, 6.07) is 3.98. The fourth-order valence-electron chi connectivity index (χ4n) is 1.78. The van der Waals surface area contributed by atoms with Crippen molar-refractivity contribution in [2.24, 2.45) is 4.99 Å². The maximum atomic E-state index is 4.99. The highest BCUT2D eigenvalue weighted by atomic mass is 16.5. The Balaban J connectivity index is 1.92. The maximum absolute atomic E-state index is 4.99. The number of aromatic nitrogens is 3. The molecule has 0 aliphatic heterocycles. The van der Waals surface area contributed by atoms with Gasteiger partial charge in [-0.15, -0.1) is 0 Å². The summed E-state index contributed by atoms with van der Waals surface area (Å²) in [6.45, 7) is 2.02. The fraction of sp³-hybridized carbons (Fsp3) is 0.357. The van der Waals surface area contributed by atoms with Crippen molar-refractivity contribution in [3.63, 3.8) is 0 Å². The van der Waals surface area contributed by atoms with Crippen LogP contribution in [0.4, 0.5) is 0 Å². The van der Waals surface area contributed by atoms with E-state index in [2.05, 4.69) is 25.6 Å². The SMILES string of the molecule is CN=C(NCCOC)NCc1ccnc(-n2ccnc2)c1. The van der Waals surface area contributed by atoms with Crippen LogP contribution in [0.15, 0.2) is 42.0 Å². The van der Waals surface area contributed by atoms with Gasteiger partial charge in [-0.05, 0) is 17.7 Å². The van der Waals surface area contributed by atoms with Gasteiger partial charge in [0.1, 0.15) is 12.1 Å². The molecule has 0 saturated heterocycles. The average Bonchev–Trinajstić information content (AvgIpc) is 3.05. The van der Waals surface area contributed by atoms with E-state index >= 15 is 0 Å². The Morgan fingerprint density at radius 2 is 2.29 bits per heavy atom. The lowest BCUT2D eigenvalue weighted by Crippen LogP contribution is -2.38. The van der Waals surface area contributed by atoms with Crippen molar-refractivity contribution in [2.75, 3.05) is 27.3 Å². The zero-order valence-corrected chi connectivity index (χ0v) is 12.3. The van der Waals surface area contributed by atoms with Gasteiger partial charge in [-0.2, -0.15) is 0 Å². The average molecular weight is 288 g/mol. The summed E-state index contributed by atoms with van der Waals surface area (Å²) in [5.41, 5.74) is 1.11. The van der Waals surface area contributed by atoms with Crippen LogP contribution in [0.5, 0.6) is 0 Å². The van der Waals surface area contributed by atoms with Crippen molar-refractivity contribution in [3.05, 3.63) is 42.6 Å². The van der Waals surface area contributed by atoms with E-state index in [1.54, 1.807) is 32.9 Å². The lowest BCUT2D eigenvalue weighted by atomic mass is 10.2. The summed E-state index contributed by atoms with van der Waals surface area (Å²) >= 11 is 0. The van der Waals surface area contributed by atoms with Crippen LogP contribution < -0.4 is 10.6 Å². The van der Waals surface area contributed by atoms with Crippen LogP contribution in [0.1, 0.15) is 5.56 Å². The Kier molecular flexibility index (Phi) is 5.71. The molecule has 0 fully saturated rings. The second kappa shape index (κ2) is 8.01. The van der Waals surface area contributed by atoms with Gasteiger partial charge in [0.25, 0.3) is 0 Å². The third-order valence-corrected chi connectivity index (χ3v) is 2.86. The first-order valence-corrected chi connectivity index (χ1v) is 6.70. The van der Waals surface area contributed by atoms with Crippen molar-refractivity contribution in [2.45, 2.75) is 6.54 Å². The number of hydrogen-bond acceptors (Lipinski definition) is 4. The van der Waals surface area contributed by atoms with Crippen LogP contribution in [0, 0.1) is 0 Å². The van der Waals surface area contributed by atoms with Crippen molar-refractivity contribution < 1.29 is 4.74 Å². The summed E-state index contributed by atoms with van der Waals surface area (Å²) < 4.78 is 6.86. The largest absolute Gasteiger partial charge is 0.383 e. The lowest BCUT2D eigenvalue weighted by molar-refractivity contribution is 0.203. The molecule has 112 valence electrons. The molecule has 0 bridgehead atoms. The second-order valence-corrected chi connectivity index (χ2v) is 4.34. The van der Waals surface area contributed by atoms with Crippen molar-refractivity contribution in [3.8, 4) is 5.82 Å². The molecular formula is C14H20N6O. The smallest absolute Gasteiger partial charge is 0.191 e. The minimum Gasteiger partial charge on any atom is -0.383 e. The molecule has 0 aromatic carbocycles. The number of guanidine groups is 1. The predicted octanol–water partition coefficient (Wildman–Crippen LogP) is 0.579. The van der Waals surface area contributed by atoms with Crippen molar-refractivity contribution in [1.82, 2.24) is 25.2 Å². The number of hydrogen-bond donors (Lipinski definition) is 2. The molecule has 2 aromatic rings. The molecule has 7 heteroatoms. The highest BCUT2D eigenvalue weighted by Crippen LogP contribution is 2.06. The molecule has 0 atom stereocenters. The van der Waals surface area contributed by atoms with E-state index in [4.69, 9.17) is 4.74 Å². The van der Waals surface area contributed by atoms with Gasteiger partial charge in [0.05, 0.1) is 6.61 Å². The molecule has 0 spiro atoms. The summed E-state index contributed by atoms with van der Waals surface area (Å²) in [6.07, 6.45) is 7.11. The first-order valence-electron chi connectivity index (χ1n) is 6.70. The zero-order valence-electron chi connectivity index (χ0n) is 12.3. The van der Waals surface area contributed by atoms with E-state index < -0.39 is 0 Å². The number of imidazole rings is 1. The van der Waals surface area contributed by atoms with Crippen molar-refractivity contribution >= 4 is 5.96 Å². The maximum Gasteiger partial charge on any atom is 0.191 e. The van der Waals surface area contributed by atoms with E-state index in [0.717, 1.165) is 17.3 Å². The van der Waals surface area contributed by atoms with Crippen LogP contribution >= 0.6 is 0 Å². The molecule has 21 heavy (non-hydrogen) atoms. The molecule has 0 unspecified atom stereocenters. The minimum atomic E-state index is 0.640. The fourth-order valence-corrected chi connectivity index (χ4v) is 1.78. The Morgan fingerprint density at radius 1 is 1.38 bits per heavy atom. The number of ether oxygens (including phenoxy) is 1. The topological polar surface area (TPSA) is 76.4 Å². The van der Waals surface area contributed by atoms with Gasteiger partial charge in [-0.1, -0.05) is 0 Å². The molecule has 2 aromatic heterocycles. The summed E-state index contributed by atoms with van der Waals surface area (Å²) in [5.74, 6) is 1.59. The molecule has 7 nitrogen and oxygen atoms in total. The van der Waals surface area contributed by atoms with Gasteiger partial charge in [-0.3, -0.25) is 9.56 Å². The Hall–Kier alpha value is -2.41. The van der Waals surface area contributed by atoms with Crippen LogP contribution in [0.25, 0.3) is 5.82 Å². The summed E-state index contributed by atoms with van der Waals surface area (Å²) in [5, 5.41) is 6.41. The highest BCUT2D eigenvalue weighted by molar-refractivity contribution is 5.79. The quantitative estimate of drug-likeness (QED) is 0.462. The third-order valence-electron chi connectivity index (χ3n) is 2.86. The number of pyridine rings is 1. The van der Waals surface area contributed by atoms with Gasteiger partial charge in [0.2, 0.25) is 0 Å². The van der Waals surface area contributed by atoms with E-state index in [1.165, 1.54) is 0 Å². The Morgan fingerprint density at radius 3 is 3.00 bits per heavy atom. The third kappa shape index (κ3) is 4.57. The minimum absolute atomic E-state index is 0.640. The first-order chi connectivity index (χ1) is 10.3. The first kappa shape index (κ1) is 15.0. The van der Waals surface area contributed by atoms with E-state index in [-0.39, 0.29) is 0 Å². The number of nitrogens with zero attached hydrogens (tertiary/aromatic N) is 4. The normalized spacial score (nSPS) is 11.4. The molecule has 0 aliphatic carbocycles. The second-order valence-electron chi connectivity index (χ2n) is 4.34. The van der Waals surface area contributed by atoms with Gasteiger partial charge >= 0.3 is 0 Å². The van der Waals surface area contributed by atoms with E-state index in [9.17, 15) is 0 Å². The monoisotopic (exact) mass is 288 g/mol. The lowest BCUT2D eigenvalue weighted by Gasteiger charge is -2.12. The van der Waals surface area contributed by atoms with Gasteiger partial charge in [-0.25, -0.2) is 9.97 Å². The number of rotatable bonds is 6. The number of methoxy groups -OCH3 is 1. The Bertz CT molecular complexity index is 567. The van der Waals surface area contributed by atoms with Gasteiger partial charge in [0, 0.05) is 45.8 Å². The zero-order chi connectivity index (χ0) is 14.9. The molecular weight excluding hydrogens is 268 g/mol. The number of nitrogens with one attached hydrogen (secondary N) is 2. The molecule has 0 saturated carbocycles. The summed E-state index contributed by atoms with van der Waals surface area (Å²) in [4.78, 5) is 12.5. The molecule has 0 aliphatic rings. The molecule has 2 heterocycles. The van der Waals surface area contributed by atoms with Crippen LogP contribution in [0.3, 0.4) is 0 Å². The summed E-state index contributed by atoms with van der Waals surface area (Å²) in [7, 11) is 3.41. The van der Waals surface area contributed by atoms with E-state index in [0.29, 0.717) is 19.7 Å². The molecule has 2 N–H and O–H groups in total. The van der Waals surface area contributed by atoms with Crippen LogP contribution in [-0.4, -0.2) is 47.8 Å². The molecule has 0 radical (unpaired) electrons. The number of aliphatic imine (C=N–C) groups is 1. The van der Waals surface area contributed by atoms with Crippen molar-refractivity contribution in [1.29, 1.82) is 0 Å².